The maximum absolute atomic E-state index is 6.10. The van der Waals surface area contributed by atoms with Gasteiger partial charge in [0.2, 0.25) is 0 Å². The molecule has 1 aromatic heterocycles. The first-order chi connectivity index (χ1) is 29.2. The second kappa shape index (κ2) is 13.7. The normalized spacial score (nSPS) is 13.9. The summed E-state index contributed by atoms with van der Waals surface area (Å²) in [6.07, 6.45) is 0. The van der Waals surface area contributed by atoms with E-state index < -0.39 is 0 Å². The molecule has 0 unspecified atom stereocenters. The summed E-state index contributed by atoms with van der Waals surface area (Å²) in [4.78, 5) is 0. The molecule has 2 nitrogen and oxygen atoms in total. The fraction of sp³-hybridized carbons (Fsp3) is 0.103. The van der Waals surface area contributed by atoms with Gasteiger partial charge in [-0.1, -0.05) is 173 Å². The Bertz CT molecular complexity index is 3290. The largest absolute Gasteiger partial charge is 0.456 e. The van der Waals surface area contributed by atoms with Gasteiger partial charge in [-0.05, 0) is 121 Å². The van der Waals surface area contributed by atoms with Crippen molar-refractivity contribution >= 4 is 44.1 Å². The third-order valence-corrected chi connectivity index (χ3v) is 13.1. The van der Waals surface area contributed by atoms with Gasteiger partial charge in [0.25, 0.3) is 0 Å². The molecule has 2 aliphatic rings. The molecular weight excluding hydrogens is 727 g/mol. The third-order valence-electron chi connectivity index (χ3n) is 13.1. The van der Waals surface area contributed by atoms with Crippen LogP contribution in [0.3, 0.4) is 0 Å². The quantitative estimate of drug-likeness (QED) is 0.193. The Balaban J connectivity index is 0.000000137. The Labute approximate surface area is 351 Å². The van der Waals surface area contributed by atoms with E-state index in [0.29, 0.717) is 0 Å². The molecule has 0 amide bonds. The zero-order valence-electron chi connectivity index (χ0n) is 34.4. The van der Waals surface area contributed by atoms with Crippen molar-refractivity contribution in [2.75, 3.05) is 5.32 Å². The van der Waals surface area contributed by atoms with Crippen molar-refractivity contribution in [3.8, 4) is 44.5 Å². The number of hydrogen-bond donors (Lipinski definition) is 1. The van der Waals surface area contributed by atoms with Crippen LogP contribution in [0.1, 0.15) is 49.9 Å². The molecule has 9 aromatic carbocycles. The van der Waals surface area contributed by atoms with Crippen molar-refractivity contribution in [3.05, 3.63) is 216 Å². The summed E-state index contributed by atoms with van der Waals surface area (Å²) in [7, 11) is 0. The van der Waals surface area contributed by atoms with Crippen LogP contribution in [0, 0.1) is 0 Å². The van der Waals surface area contributed by atoms with Crippen LogP contribution >= 0.6 is 0 Å². The van der Waals surface area contributed by atoms with Crippen LogP contribution in [0.4, 0.5) is 11.4 Å². The van der Waals surface area contributed by atoms with Gasteiger partial charge in [-0.15, -0.1) is 0 Å². The Morgan fingerprint density at radius 3 is 1.67 bits per heavy atom. The van der Waals surface area contributed by atoms with E-state index in [1.54, 1.807) is 0 Å². The predicted molar refractivity (Wildman–Crippen MR) is 253 cm³/mol. The van der Waals surface area contributed by atoms with Gasteiger partial charge in [0.15, 0.2) is 0 Å². The first-order valence-corrected chi connectivity index (χ1v) is 21.0. The van der Waals surface area contributed by atoms with Crippen molar-refractivity contribution in [2.24, 2.45) is 0 Å². The van der Waals surface area contributed by atoms with Gasteiger partial charge in [-0.25, -0.2) is 0 Å². The standard InChI is InChI=1S/C31H25N.C27H20O/c1-31(2)28-19-23(21-9-4-3-5-10-21)15-17-26(28)27-18-16-24(20-29(27)31)32-30-14-8-12-22-11-6-7-13-25(22)30;1-27(2)23-9-5-3-7-19(23)20-13-11-17(15-24(20)27)18-12-14-22-21-8-4-6-10-25(21)28-26(22)16-18/h3-20,32H,1-2H3;3-16H,1-2H3. The fourth-order valence-electron chi connectivity index (χ4n) is 9.90. The van der Waals surface area contributed by atoms with Crippen LogP contribution in [-0.2, 0) is 10.8 Å². The summed E-state index contributed by atoms with van der Waals surface area (Å²) in [5.41, 5.74) is 20.1. The van der Waals surface area contributed by atoms with Crippen molar-refractivity contribution in [2.45, 2.75) is 38.5 Å². The van der Waals surface area contributed by atoms with E-state index >= 15 is 0 Å². The molecule has 12 rings (SSSR count). The highest BCUT2D eigenvalue weighted by molar-refractivity contribution is 6.06. The van der Waals surface area contributed by atoms with Gasteiger partial charge in [0, 0.05) is 38.4 Å². The lowest BCUT2D eigenvalue weighted by Gasteiger charge is -2.23. The molecule has 0 saturated carbocycles. The Morgan fingerprint density at radius 2 is 0.883 bits per heavy atom. The van der Waals surface area contributed by atoms with Gasteiger partial charge in [-0.2, -0.15) is 0 Å². The molecule has 1 N–H and O–H groups in total. The molecule has 0 saturated heterocycles. The number of para-hydroxylation sites is 1. The molecule has 0 aliphatic heterocycles. The predicted octanol–water partition coefficient (Wildman–Crippen LogP) is 16.1. The molecule has 60 heavy (non-hydrogen) atoms. The monoisotopic (exact) mass is 771 g/mol. The number of nitrogens with one attached hydrogen (secondary N) is 1. The van der Waals surface area contributed by atoms with Gasteiger partial charge in [0.1, 0.15) is 11.2 Å². The topological polar surface area (TPSA) is 25.2 Å². The third kappa shape index (κ3) is 5.78. The Hall–Kier alpha value is -7.16. The number of hydrogen-bond acceptors (Lipinski definition) is 2. The van der Waals surface area contributed by atoms with Crippen LogP contribution in [0.15, 0.2) is 199 Å². The molecule has 0 radical (unpaired) electrons. The highest BCUT2D eigenvalue weighted by atomic mass is 16.3. The lowest BCUT2D eigenvalue weighted by molar-refractivity contribution is 0.660. The van der Waals surface area contributed by atoms with Crippen LogP contribution in [0.2, 0.25) is 0 Å². The lowest BCUT2D eigenvalue weighted by Crippen LogP contribution is -2.15. The van der Waals surface area contributed by atoms with Crippen molar-refractivity contribution in [1.29, 1.82) is 0 Å². The van der Waals surface area contributed by atoms with Crippen molar-refractivity contribution < 1.29 is 4.42 Å². The molecule has 10 aromatic rings. The Kier molecular flexibility index (Phi) is 8.22. The number of fused-ring (bicyclic) bond motifs is 10. The smallest absolute Gasteiger partial charge is 0.136 e. The highest BCUT2D eigenvalue weighted by Gasteiger charge is 2.37. The average Bonchev–Trinajstić information content (AvgIpc) is 3.85. The molecule has 288 valence electrons. The maximum atomic E-state index is 6.10. The summed E-state index contributed by atoms with van der Waals surface area (Å²) in [5.74, 6) is 0. The number of benzene rings is 9. The molecule has 0 atom stereocenters. The number of rotatable bonds is 4. The summed E-state index contributed by atoms with van der Waals surface area (Å²) in [6, 6.07) is 69.8. The van der Waals surface area contributed by atoms with Crippen molar-refractivity contribution in [3.63, 3.8) is 0 Å². The summed E-state index contributed by atoms with van der Waals surface area (Å²) in [5, 5.41) is 8.52. The SMILES string of the molecule is CC1(C)c2cc(Nc3cccc4ccccc34)ccc2-c2ccc(-c3ccccc3)cc21.CC1(C)c2ccccc2-c2ccc(-c3ccc4c(c3)oc3ccccc34)cc21. The van der Waals surface area contributed by atoms with E-state index in [9.17, 15) is 0 Å². The summed E-state index contributed by atoms with van der Waals surface area (Å²) < 4.78 is 6.10. The molecule has 2 aliphatic carbocycles. The zero-order valence-corrected chi connectivity index (χ0v) is 34.4. The summed E-state index contributed by atoms with van der Waals surface area (Å²) >= 11 is 0. The molecule has 0 spiro atoms. The molecule has 1 heterocycles. The minimum atomic E-state index is -0.0497. The number of anilines is 2. The molecule has 0 bridgehead atoms. The minimum absolute atomic E-state index is 0.0192. The van der Waals surface area contributed by atoms with E-state index in [1.165, 1.54) is 88.3 Å². The van der Waals surface area contributed by atoms with Crippen LogP contribution in [-0.4, -0.2) is 0 Å². The van der Waals surface area contributed by atoms with E-state index in [-0.39, 0.29) is 10.8 Å². The fourth-order valence-corrected chi connectivity index (χ4v) is 9.90. The van der Waals surface area contributed by atoms with Crippen LogP contribution in [0.5, 0.6) is 0 Å². The van der Waals surface area contributed by atoms with E-state index in [2.05, 4.69) is 215 Å². The van der Waals surface area contributed by atoms with Gasteiger partial charge >= 0.3 is 0 Å². The second-order valence-electron chi connectivity index (χ2n) is 17.4. The average molecular weight is 772 g/mol. The Morgan fingerprint density at radius 1 is 0.350 bits per heavy atom. The molecule has 0 fully saturated rings. The number of furan rings is 1. The van der Waals surface area contributed by atoms with Crippen molar-refractivity contribution in [1.82, 2.24) is 0 Å². The van der Waals surface area contributed by atoms with Crippen LogP contribution < -0.4 is 5.32 Å². The lowest BCUT2D eigenvalue weighted by atomic mass is 9.81. The minimum Gasteiger partial charge on any atom is -0.456 e. The second-order valence-corrected chi connectivity index (χ2v) is 17.4. The maximum Gasteiger partial charge on any atom is 0.136 e. The first kappa shape index (κ1) is 36.0. The summed E-state index contributed by atoms with van der Waals surface area (Å²) in [6.45, 7) is 9.33. The molecule has 2 heteroatoms. The molecular formula is C58H45NO. The van der Waals surface area contributed by atoms with E-state index in [4.69, 9.17) is 4.42 Å². The first-order valence-electron chi connectivity index (χ1n) is 21.0. The van der Waals surface area contributed by atoms with Crippen LogP contribution in [0.25, 0.3) is 77.2 Å². The van der Waals surface area contributed by atoms with Gasteiger partial charge < -0.3 is 9.73 Å². The van der Waals surface area contributed by atoms with E-state index in [0.717, 1.165) is 22.5 Å². The highest BCUT2D eigenvalue weighted by Crippen LogP contribution is 2.51. The van der Waals surface area contributed by atoms with Gasteiger partial charge in [0.05, 0.1) is 0 Å². The van der Waals surface area contributed by atoms with Gasteiger partial charge in [-0.3, -0.25) is 0 Å². The van der Waals surface area contributed by atoms with E-state index in [1.807, 2.05) is 12.1 Å². The zero-order chi connectivity index (χ0) is 40.6.